The fraction of sp³-hybridized carbons (Fsp3) is 0.682. The molecule has 0 spiro atoms. The van der Waals surface area contributed by atoms with Crippen LogP contribution in [0.25, 0.3) is 0 Å². The number of nitrogens with one attached hydrogen (secondary N) is 2. The second kappa shape index (κ2) is 12.0. The minimum absolute atomic E-state index is 0.0211. The first kappa shape index (κ1) is 23.4. The molecule has 1 fully saturated rings. The molecule has 0 bridgehead atoms. The fourth-order valence-corrected chi connectivity index (χ4v) is 3.34. The number of carbonyl (C=O) groups is 1. The average Bonchev–Trinajstić information content (AvgIpc) is 2.67. The van der Waals surface area contributed by atoms with E-state index in [2.05, 4.69) is 10.6 Å². The lowest BCUT2D eigenvalue weighted by Gasteiger charge is -2.23. The maximum atomic E-state index is 12.0. The van der Waals surface area contributed by atoms with Crippen molar-refractivity contribution in [2.24, 2.45) is 0 Å². The molecule has 7 heteroatoms. The van der Waals surface area contributed by atoms with Gasteiger partial charge < -0.3 is 29.7 Å². The molecule has 1 amide bonds. The van der Waals surface area contributed by atoms with Gasteiger partial charge in [0, 0.05) is 17.5 Å². The highest BCUT2D eigenvalue weighted by atomic mass is 16.5. The molecule has 0 unspecified atom stereocenters. The van der Waals surface area contributed by atoms with E-state index < -0.39 is 0 Å². The summed E-state index contributed by atoms with van der Waals surface area (Å²) >= 11 is 0. The van der Waals surface area contributed by atoms with Crippen molar-refractivity contribution in [3.63, 3.8) is 0 Å². The number of rotatable bonds is 11. The summed E-state index contributed by atoms with van der Waals surface area (Å²) in [4.78, 5) is 13.6. The number of benzene rings is 1. The zero-order chi connectivity index (χ0) is 21.1. The first-order valence-corrected chi connectivity index (χ1v) is 10.8. The molecule has 2 rings (SSSR count). The summed E-state index contributed by atoms with van der Waals surface area (Å²) < 4.78 is 16.8. The van der Waals surface area contributed by atoms with Gasteiger partial charge in [0.1, 0.15) is 19.6 Å². The van der Waals surface area contributed by atoms with E-state index in [1.54, 1.807) is 4.90 Å². The van der Waals surface area contributed by atoms with E-state index in [1.165, 1.54) is 18.5 Å². The molecule has 4 N–H and O–H groups in total. The molecule has 164 valence electrons. The van der Waals surface area contributed by atoms with Gasteiger partial charge in [-0.05, 0) is 45.9 Å². The first-order chi connectivity index (χ1) is 13.9. The average molecular weight is 410 g/mol. The fourth-order valence-electron chi connectivity index (χ4n) is 3.34. The van der Waals surface area contributed by atoms with Crippen molar-refractivity contribution in [2.75, 3.05) is 52.6 Å². The maximum absolute atomic E-state index is 12.0. The number of morpholine rings is 1. The Morgan fingerprint density at radius 3 is 2.66 bits per heavy atom. The zero-order valence-corrected chi connectivity index (χ0v) is 18.5. The summed E-state index contributed by atoms with van der Waals surface area (Å²) in [7, 11) is 0. The van der Waals surface area contributed by atoms with Gasteiger partial charge in [-0.25, -0.2) is 0 Å². The van der Waals surface area contributed by atoms with Crippen LogP contribution in [0.4, 0.5) is 0 Å². The Labute approximate surface area is 175 Å². The molecule has 1 aliphatic heterocycles. The number of hydrogen-bond acceptors (Lipinski definition) is 4. The lowest BCUT2D eigenvalue weighted by molar-refractivity contribution is -0.909. The van der Waals surface area contributed by atoms with Gasteiger partial charge >= 0.3 is 0 Å². The predicted octanol–water partition coefficient (Wildman–Crippen LogP) is -0.253. The van der Waals surface area contributed by atoms with Crippen LogP contribution in [0.5, 0.6) is 11.5 Å². The second-order valence-corrected chi connectivity index (χ2v) is 8.55. The normalized spacial score (nSPS) is 15.2. The van der Waals surface area contributed by atoms with Crippen molar-refractivity contribution in [3.05, 3.63) is 23.8 Å². The largest absolute Gasteiger partial charge is 0.490 e. The highest BCUT2D eigenvalue weighted by Gasteiger charge is 2.16. The molecule has 1 saturated heterocycles. The van der Waals surface area contributed by atoms with Gasteiger partial charge in [-0.2, -0.15) is 0 Å². The molecular formula is C22H39N3O4+2. The van der Waals surface area contributed by atoms with Crippen molar-refractivity contribution in [3.8, 4) is 11.5 Å². The van der Waals surface area contributed by atoms with Gasteiger partial charge in [0.2, 0.25) is 0 Å². The molecule has 29 heavy (non-hydrogen) atoms. The number of hydrogen-bond donors (Lipinski definition) is 3. The van der Waals surface area contributed by atoms with Gasteiger partial charge in [-0.15, -0.1) is 0 Å². The Kier molecular flexibility index (Phi) is 9.70. The molecule has 1 heterocycles. The van der Waals surface area contributed by atoms with Crippen LogP contribution in [0.15, 0.2) is 18.2 Å². The molecule has 7 nitrogen and oxygen atoms in total. The first-order valence-electron chi connectivity index (χ1n) is 10.8. The Morgan fingerprint density at radius 2 is 1.97 bits per heavy atom. The predicted molar refractivity (Wildman–Crippen MR) is 112 cm³/mol. The molecule has 0 saturated carbocycles. The van der Waals surface area contributed by atoms with Crippen molar-refractivity contribution in [1.29, 1.82) is 0 Å². The minimum Gasteiger partial charge on any atom is -0.490 e. The van der Waals surface area contributed by atoms with Gasteiger partial charge in [-0.3, -0.25) is 4.79 Å². The Hall–Kier alpha value is -1.83. The van der Waals surface area contributed by atoms with Crippen LogP contribution < -0.4 is 25.0 Å². The number of ether oxygens (including phenoxy) is 3. The van der Waals surface area contributed by atoms with E-state index in [4.69, 9.17) is 14.2 Å². The molecular weight excluding hydrogens is 370 g/mol. The number of quaternary nitrogens is 2. The van der Waals surface area contributed by atoms with Crippen molar-refractivity contribution in [1.82, 2.24) is 5.32 Å². The van der Waals surface area contributed by atoms with Crippen molar-refractivity contribution < 1.29 is 29.2 Å². The monoisotopic (exact) mass is 409 g/mol. The number of nitrogens with two attached hydrogens (primary N) is 1. The molecule has 1 aliphatic rings. The summed E-state index contributed by atoms with van der Waals surface area (Å²) in [5.74, 6) is 1.16. The summed E-state index contributed by atoms with van der Waals surface area (Å²) in [5.41, 5.74) is 0.922. The van der Waals surface area contributed by atoms with E-state index >= 15 is 0 Å². The van der Waals surface area contributed by atoms with E-state index in [9.17, 15) is 4.79 Å². The van der Waals surface area contributed by atoms with E-state index in [0.29, 0.717) is 18.1 Å². The third kappa shape index (κ3) is 9.47. The lowest BCUT2D eigenvalue weighted by atomic mass is 10.1. The van der Waals surface area contributed by atoms with Gasteiger partial charge in [0.05, 0.1) is 32.9 Å². The Balaban J connectivity index is 1.77. The highest BCUT2D eigenvalue weighted by Crippen LogP contribution is 2.28. The molecule has 0 atom stereocenters. The SMILES string of the molecule is CCOc1cc(C[NH2+]CCC[NH+]2CCOCC2)ccc1OCC(=O)NC(C)(C)C. The van der Waals surface area contributed by atoms with Gasteiger partial charge in [-0.1, -0.05) is 0 Å². The standard InChI is InChI=1S/C22H37N3O4/c1-5-28-20-15-18(16-23-9-6-10-25-11-13-27-14-12-25)7-8-19(20)29-17-21(26)24-22(2,3)4/h7-8,15,23H,5-6,9-14,16-17H2,1-4H3,(H,24,26)/p+2. The van der Waals surface area contributed by atoms with Crippen LogP contribution in [0.3, 0.4) is 0 Å². The minimum atomic E-state index is -0.272. The third-order valence-corrected chi connectivity index (χ3v) is 4.70. The zero-order valence-electron chi connectivity index (χ0n) is 18.5. The second-order valence-electron chi connectivity index (χ2n) is 8.55. The van der Waals surface area contributed by atoms with Crippen LogP contribution in [0.2, 0.25) is 0 Å². The molecule has 0 aromatic heterocycles. The van der Waals surface area contributed by atoms with Crippen LogP contribution in [-0.4, -0.2) is 64.1 Å². The molecule has 0 aliphatic carbocycles. The smallest absolute Gasteiger partial charge is 0.258 e. The quantitative estimate of drug-likeness (QED) is 0.441. The van der Waals surface area contributed by atoms with Crippen LogP contribution in [0.1, 0.15) is 39.7 Å². The Morgan fingerprint density at radius 1 is 1.21 bits per heavy atom. The summed E-state index contributed by atoms with van der Waals surface area (Å²) in [6.07, 6.45) is 1.21. The van der Waals surface area contributed by atoms with E-state index in [1.807, 2.05) is 45.9 Å². The molecule has 0 radical (unpaired) electrons. The highest BCUT2D eigenvalue weighted by molar-refractivity contribution is 5.78. The molecule has 1 aromatic carbocycles. The van der Waals surface area contributed by atoms with Crippen LogP contribution in [0, 0.1) is 0 Å². The summed E-state index contributed by atoms with van der Waals surface area (Å²) in [5, 5.41) is 5.23. The van der Waals surface area contributed by atoms with Crippen LogP contribution in [-0.2, 0) is 16.1 Å². The number of amides is 1. The lowest BCUT2D eigenvalue weighted by Crippen LogP contribution is -3.14. The van der Waals surface area contributed by atoms with Gasteiger partial charge in [0.25, 0.3) is 5.91 Å². The maximum Gasteiger partial charge on any atom is 0.258 e. The van der Waals surface area contributed by atoms with Crippen molar-refractivity contribution in [2.45, 2.75) is 46.2 Å². The van der Waals surface area contributed by atoms with E-state index in [0.717, 1.165) is 39.4 Å². The summed E-state index contributed by atoms with van der Waals surface area (Å²) in [6.45, 7) is 15.6. The van der Waals surface area contributed by atoms with Gasteiger partial charge in [0.15, 0.2) is 18.1 Å². The molecule has 1 aromatic rings. The summed E-state index contributed by atoms with van der Waals surface area (Å²) in [6, 6.07) is 5.96. The Bertz CT molecular complexity index is 625. The topological polar surface area (TPSA) is 77.8 Å². The van der Waals surface area contributed by atoms with E-state index in [-0.39, 0.29) is 18.1 Å². The van der Waals surface area contributed by atoms with Crippen LogP contribution >= 0.6 is 0 Å². The van der Waals surface area contributed by atoms with Crippen molar-refractivity contribution >= 4 is 5.91 Å². The third-order valence-electron chi connectivity index (χ3n) is 4.70. The number of carbonyl (C=O) groups excluding carboxylic acids is 1.